The molecule has 5 heteroatoms. The van der Waals surface area contributed by atoms with Gasteiger partial charge in [0.2, 0.25) is 0 Å². The highest BCUT2D eigenvalue weighted by Gasteiger charge is 2.17. The Morgan fingerprint density at radius 1 is 1.11 bits per heavy atom. The summed E-state index contributed by atoms with van der Waals surface area (Å²) in [5.41, 5.74) is 0. The molecule has 0 fully saturated rings. The molecule has 0 aliphatic heterocycles. The van der Waals surface area contributed by atoms with Gasteiger partial charge in [0, 0.05) is 13.1 Å². The van der Waals surface area contributed by atoms with Crippen molar-refractivity contribution in [1.29, 1.82) is 0 Å². The van der Waals surface area contributed by atoms with E-state index in [0.717, 1.165) is 51.2 Å². The van der Waals surface area contributed by atoms with Crippen LogP contribution in [0.5, 0.6) is 0 Å². The van der Waals surface area contributed by atoms with Crippen LogP contribution in [0, 0.1) is 0 Å². The Morgan fingerprint density at radius 2 is 1.63 bits per heavy atom. The molecule has 0 saturated heterocycles. The predicted octanol–water partition coefficient (Wildman–Crippen LogP) is 4.86. The molecule has 0 spiro atoms. The van der Waals surface area contributed by atoms with Gasteiger partial charge in [0.15, 0.2) is 7.38 Å². The zero-order valence-corrected chi connectivity index (χ0v) is 14.8. The third-order valence-electron chi connectivity index (χ3n) is 2.96. The van der Waals surface area contributed by atoms with Crippen LogP contribution < -0.4 is 0 Å². The van der Waals surface area contributed by atoms with E-state index in [1.54, 1.807) is 0 Å². The Kier molecular flexibility index (Phi) is 10.4. The van der Waals surface area contributed by atoms with Crippen LogP contribution in [-0.2, 0) is 4.74 Å². The van der Waals surface area contributed by atoms with Gasteiger partial charge in [0.1, 0.15) is 0 Å². The van der Waals surface area contributed by atoms with Crippen molar-refractivity contribution in [2.45, 2.75) is 65.1 Å². The highest BCUT2D eigenvalue weighted by Crippen LogP contribution is 2.16. The molecule has 0 aliphatic carbocycles. The molecule has 0 aromatic heterocycles. The maximum Gasteiger partial charge on any atom is 0.409 e. The molecule has 0 aromatic carbocycles. The first-order valence-electron chi connectivity index (χ1n) is 7.51. The van der Waals surface area contributed by atoms with Gasteiger partial charge in [-0.25, -0.2) is 4.79 Å². The number of nitrogens with zero attached hydrogens (tertiary/aromatic N) is 1. The molecule has 0 bridgehead atoms. The van der Waals surface area contributed by atoms with Crippen LogP contribution in [0.1, 0.15) is 46.0 Å². The highest BCUT2D eigenvalue weighted by atomic mass is 35.6. The first kappa shape index (κ1) is 18.8. The van der Waals surface area contributed by atoms with Crippen LogP contribution in [0.3, 0.4) is 0 Å². The molecular weight excluding hydrogens is 278 g/mol. The molecule has 0 unspecified atom stereocenters. The number of hydrogen-bond acceptors (Lipinski definition) is 2. The third-order valence-corrected chi connectivity index (χ3v) is 5.07. The molecule has 114 valence electrons. The minimum Gasteiger partial charge on any atom is -0.449 e. The Labute approximate surface area is 124 Å². The minimum atomic E-state index is -1.53. The number of ether oxygens (including phenoxy) is 1. The molecule has 0 atom stereocenters. The standard InChI is InChI=1S/C14H30ClNO2Si/c1-5-7-10-16(11-8-6-2)14(17)18-12-9-13-19(3,4)15/h5-13H2,1-4H3. The summed E-state index contributed by atoms with van der Waals surface area (Å²) in [5, 5.41) is 0. The zero-order chi connectivity index (χ0) is 14.7. The van der Waals surface area contributed by atoms with Gasteiger partial charge in [-0.15, -0.1) is 0 Å². The SMILES string of the molecule is CCCCN(CCCC)C(=O)OCCC[Si](C)(C)Cl. The second-order valence-corrected chi connectivity index (χ2v) is 12.6. The third kappa shape index (κ3) is 11.3. The molecule has 1 amide bonds. The smallest absolute Gasteiger partial charge is 0.409 e. The number of halogens is 1. The number of unbranched alkanes of at least 4 members (excludes halogenated alkanes) is 2. The van der Waals surface area contributed by atoms with E-state index < -0.39 is 7.38 Å². The van der Waals surface area contributed by atoms with Gasteiger partial charge in [-0.3, -0.25) is 0 Å². The van der Waals surface area contributed by atoms with Crippen LogP contribution in [0.25, 0.3) is 0 Å². The fourth-order valence-corrected chi connectivity index (χ4v) is 3.12. The van der Waals surface area contributed by atoms with Gasteiger partial charge in [-0.1, -0.05) is 39.8 Å². The summed E-state index contributed by atoms with van der Waals surface area (Å²) >= 11 is 6.24. The monoisotopic (exact) mass is 307 g/mol. The summed E-state index contributed by atoms with van der Waals surface area (Å²) in [5.74, 6) is 0. The quantitative estimate of drug-likeness (QED) is 0.328. The van der Waals surface area contributed by atoms with Crippen molar-refractivity contribution in [3.05, 3.63) is 0 Å². The van der Waals surface area contributed by atoms with Crippen molar-refractivity contribution in [3.63, 3.8) is 0 Å². The van der Waals surface area contributed by atoms with E-state index in [4.69, 9.17) is 15.8 Å². The molecule has 0 saturated carbocycles. The fraction of sp³-hybridized carbons (Fsp3) is 0.929. The van der Waals surface area contributed by atoms with E-state index in [1.807, 2.05) is 4.90 Å². The van der Waals surface area contributed by atoms with E-state index in [9.17, 15) is 4.79 Å². The lowest BCUT2D eigenvalue weighted by Gasteiger charge is -2.22. The van der Waals surface area contributed by atoms with Gasteiger partial charge in [-0.2, -0.15) is 11.1 Å². The molecule has 0 heterocycles. The number of carbonyl (C=O) groups excluding carboxylic acids is 1. The number of hydrogen-bond donors (Lipinski definition) is 0. The Morgan fingerprint density at radius 3 is 2.05 bits per heavy atom. The van der Waals surface area contributed by atoms with Crippen LogP contribution in [-0.4, -0.2) is 38.1 Å². The Bertz CT molecular complexity index is 236. The van der Waals surface area contributed by atoms with Gasteiger partial charge >= 0.3 is 6.09 Å². The summed E-state index contributed by atoms with van der Waals surface area (Å²) in [6.07, 6.45) is 5.00. The summed E-state index contributed by atoms with van der Waals surface area (Å²) in [6.45, 7) is 10.6. The van der Waals surface area contributed by atoms with Crippen LogP contribution in [0.2, 0.25) is 19.1 Å². The highest BCUT2D eigenvalue weighted by molar-refractivity contribution is 7.19. The average molecular weight is 308 g/mol. The summed E-state index contributed by atoms with van der Waals surface area (Å²) in [6, 6.07) is 0.992. The van der Waals surface area contributed by atoms with E-state index in [2.05, 4.69) is 26.9 Å². The molecule has 3 nitrogen and oxygen atoms in total. The van der Waals surface area contributed by atoms with Crippen LogP contribution in [0.4, 0.5) is 4.79 Å². The summed E-state index contributed by atoms with van der Waals surface area (Å²) in [4.78, 5) is 13.8. The van der Waals surface area contributed by atoms with Gasteiger partial charge in [-0.05, 0) is 25.3 Å². The van der Waals surface area contributed by atoms with Crippen LogP contribution in [0.15, 0.2) is 0 Å². The Balaban J connectivity index is 3.95. The lowest BCUT2D eigenvalue weighted by Crippen LogP contribution is -2.33. The molecule has 0 radical (unpaired) electrons. The van der Waals surface area contributed by atoms with E-state index in [-0.39, 0.29) is 6.09 Å². The number of rotatable bonds is 10. The van der Waals surface area contributed by atoms with Crippen molar-refractivity contribution in [1.82, 2.24) is 4.90 Å². The normalized spacial score (nSPS) is 11.4. The maximum absolute atomic E-state index is 12.0. The zero-order valence-electron chi connectivity index (χ0n) is 13.0. The first-order valence-corrected chi connectivity index (χ1v) is 11.7. The molecular formula is C14H30ClNO2Si. The van der Waals surface area contributed by atoms with Gasteiger partial charge < -0.3 is 9.64 Å². The first-order chi connectivity index (χ1) is 8.90. The van der Waals surface area contributed by atoms with Gasteiger partial charge in [0.25, 0.3) is 0 Å². The maximum atomic E-state index is 12.0. The Hall–Kier alpha value is -0.223. The van der Waals surface area contributed by atoms with Crippen molar-refractivity contribution in [2.75, 3.05) is 19.7 Å². The topological polar surface area (TPSA) is 29.5 Å². The number of carbonyl (C=O) groups is 1. The molecule has 19 heavy (non-hydrogen) atoms. The lowest BCUT2D eigenvalue weighted by molar-refractivity contribution is 0.101. The van der Waals surface area contributed by atoms with Gasteiger partial charge in [0.05, 0.1) is 6.61 Å². The second kappa shape index (κ2) is 10.6. The van der Waals surface area contributed by atoms with Crippen molar-refractivity contribution < 1.29 is 9.53 Å². The van der Waals surface area contributed by atoms with Crippen molar-refractivity contribution in [3.8, 4) is 0 Å². The average Bonchev–Trinajstić information content (AvgIpc) is 2.33. The molecule has 0 N–H and O–H groups in total. The fourth-order valence-electron chi connectivity index (χ4n) is 1.74. The van der Waals surface area contributed by atoms with E-state index in [0.29, 0.717) is 6.61 Å². The number of amides is 1. The van der Waals surface area contributed by atoms with Crippen molar-refractivity contribution in [2.24, 2.45) is 0 Å². The van der Waals surface area contributed by atoms with E-state index >= 15 is 0 Å². The summed E-state index contributed by atoms with van der Waals surface area (Å²) < 4.78 is 5.34. The van der Waals surface area contributed by atoms with Crippen molar-refractivity contribution >= 4 is 24.6 Å². The second-order valence-electron chi connectivity index (χ2n) is 5.63. The van der Waals surface area contributed by atoms with E-state index in [1.165, 1.54) is 0 Å². The molecule has 0 aromatic rings. The molecule has 0 aliphatic rings. The largest absolute Gasteiger partial charge is 0.449 e. The molecule has 0 rings (SSSR count). The minimum absolute atomic E-state index is 0.157. The lowest BCUT2D eigenvalue weighted by atomic mass is 10.3. The van der Waals surface area contributed by atoms with Crippen LogP contribution >= 0.6 is 11.1 Å². The predicted molar refractivity (Wildman–Crippen MR) is 85.5 cm³/mol. The summed E-state index contributed by atoms with van der Waals surface area (Å²) in [7, 11) is -1.53.